The Balaban J connectivity index is 2.09. The molecule has 0 amide bonds. The molecule has 1 unspecified atom stereocenters. The summed E-state index contributed by atoms with van der Waals surface area (Å²) < 4.78 is 0. The van der Waals surface area contributed by atoms with E-state index in [2.05, 4.69) is 80.5 Å². The van der Waals surface area contributed by atoms with Gasteiger partial charge in [-0.15, -0.1) is 0 Å². The first-order valence-corrected chi connectivity index (χ1v) is 7.32. The van der Waals surface area contributed by atoms with Gasteiger partial charge in [0.15, 0.2) is 0 Å². The second-order valence-corrected chi connectivity index (χ2v) is 5.84. The highest BCUT2D eigenvalue weighted by molar-refractivity contribution is 5.85. The summed E-state index contributed by atoms with van der Waals surface area (Å²) in [7, 11) is 0. The number of benzene rings is 2. The van der Waals surface area contributed by atoms with Gasteiger partial charge in [-0.05, 0) is 34.7 Å². The van der Waals surface area contributed by atoms with Crippen molar-refractivity contribution in [2.45, 2.75) is 32.6 Å². The van der Waals surface area contributed by atoms with Gasteiger partial charge in [0.05, 0.1) is 0 Å². The Morgan fingerprint density at radius 3 is 2.30 bits per heavy atom. The van der Waals surface area contributed by atoms with Crippen LogP contribution in [0, 0.1) is 0 Å². The number of aromatic amines is 1. The first-order chi connectivity index (χ1) is 9.66. The molecule has 3 aromatic rings. The van der Waals surface area contributed by atoms with E-state index in [1.165, 1.54) is 27.6 Å². The zero-order valence-corrected chi connectivity index (χ0v) is 12.4. The lowest BCUT2D eigenvalue weighted by Crippen LogP contribution is -1.95. The quantitative estimate of drug-likeness (QED) is 0.647. The zero-order chi connectivity index (χ0) is 14.1. The van der Waals surface area contributed by atoms with Gasteiger partial charge in [0.25, 0.3) is 0 Å². The number of aromatic nitrogens is 1. The topological polar surface area (TPSA) is 15.8 Å². The molecule has 0 bridgehead atoms. The smallest absolute Gasteiger partial charge is 0.0457 e. The maximum atomic E-state index is 3.40. The van der Waals surface area contributed by atoms with Gasteiger partial charge in [-0.25, -0.2) is 0 Å². The largest absolute Gasteiger partial charge is 0.361 e. The first-order valence-electron chi connectivity index (χ1n) is 7.32. The molecule has 1 heterocycles. The summed E-state index contributed by atoms with van der Waals surface area (Å²) >= 11 is 0. The summed E-state index contributed by atoms with van der Waals surface area (Å²) in [5.74, 6) is 0.974. The standard InChI is InChI=1S/C19H21N/c1-13(2)16-9-10-19-17(11-16)18(12-20-19)14(3)15-7-5-4-6-8-15/h4-14,20H,1-3H3. The normalized spacial score (nSPS) is 13.0. The molecule has 3 rings (SSSR count). The van der Waals surface area contributed by atoms with Crippen LogP contribution in [-0.2, 0) is 0 Å². The van der Waals surface area contributed by atoms with Crippen molar-refractivity contribution in [2.24, 2.45) is 0 Å². The highest BCUT2D eigenvalue weighted by atomic mass is 14.7. The van der Waals surface area contributed by atoms with E-state index >= 15 is 0 Å². The molecule has 1 atom stereocenters. The SMILES string of the molecule is CC(C)c1ccc2[nH]cc(C(C)c3ccccc3)c2c1. The van der Waals surface area contributed by atoms with Gasteiger partial charge in [-0.1, -0.05) is 57.2 Å². The van der Waals surface area contributed by atoms with E-state index in [0.717, 1.165) is 0 Å². The molecule has 2 aromatic carbocycles. The minimum Gasteiger partial charge on any atom is -0.361 e. The molecule has 1 heteroatoms. The van der Waals surface area contributed by atoms with Crippen LogP contribution in [0.25, 0.3) is 10.9 Å². The van der Waals surface area contributed by atoms with Crippen LogP contribution in [0.15, 0.2) is 54.7 Å². The third-order valence-electron chi connectivity index (χ3n) is 4.17. The lowest BCUT2D eigenvalue weighted by atomic mass is 9.91. The van der Waals surface area contributed by atoms with E-state index in [1.807, 2.05) is 0 Å². The minimum atomic E-state index is 0.410. The van der Waals surface area contributed by atoms with E-state index in [9.17, 15) is 0 Å². The van der Waals surface area contributed by atoms with E-state index in [-0.39, 0.29) is 0 Å². The molecule has 0 aliphatic rings. The highest BCUT2D eigenvalue weighted by Gasteiger charge is 2.13. The molecule has 0 saturated heterocycles. The van der Waals surface area contributed by atoms with Crippen molar-refractivity contribution in [3.05, 3.63) is 71.4 Å². The summed E-state index contributed by atoms with van der Waals surface area (Å²) in [5.41, 5.74) is 5.38. The number of rotatable bonds is 3. The Morgan fingerprint density at radius 1 is 0.850 bits per heavy atom. The van der Waals surface area contributed by atoms with Crippen LogP contribution >= 0.6 is 0 Å². The van der Waals surface area contributed by atoms with E-state index in [0.29, 0.717) is 11.8 Å². The second-order valence-electron chi connectivity index (χ2n) is 5.84. The van der Waals surface area contributed by atoms with Crippen molar-refractivity contribution in [2.75, 3.05) is 0 Å². The van der Waals surface area contributed by atoms with E-state index in [1.54, 1.807) is 0 Å². The molecule has 0 spiro atoms. The van der Waals surface area contributed by atoms with Crippen molar-refractivity contribution in [1.82, 2.24) is 4.98 Å². The van der Waals surface area contributed by atoms with Crippen LogP contribution in [0.1, 0.15) is 49.3 Å². The van der Waals surface area contributed by atoms with Crippen LogP contribution in [0.4, 0.5) is 0 Å². The van der Waals surface area contributed by atoms with Crippen LogP contribution in [0.2, 0.25) is 0 Å². The molecule has 102 valence electrons. The van der Waals surface area contributed by atoms with Gasteiger partial charge in [0.2, 0.25) is 0 Å². The van der Waals surface area contributed by atoms with Crippen molar-refractivity contribution < 1.29 is 0 Å². The van der Waals surface area contributed by atoms with E-state index < -0.39 is 0 Å². The van der Waals surface area contributed by atoms with Crippen molar-refractivity contribution >= 4 is 10.9 Å². The van der Waals surface area contributed by atoms with Crippen LogP contribution in [0.3, 0.4) is 0 Å². The lowest BCUT2D eigenvalue weighted by molar-refractivity contribution is 0.868. The monoisotopic (exact) mass is 263 g/mol. The summed E-state index contributed by atoms with van der Waals surface area (Å²) in [6.07, 6.45) is 2.16. The lowest BCUT2D eigenvalue weighted by Gasteiger charge is -2.12. The fourth-order valence-corrected chi connectivity index (χ4v) is 2.80. The second kappa shape index (κ2) is 5.16. The van der Waals surface area contributed by atoms with E-state index in [4.69, 9.17) is 0 Å². The molecule has 0 fully saturated rings. The van der Waals surface area contributed by atoms with Crippen molar-refractivity contribution in [1.29, 1.82) is 0 Å². The number of hydrogen-bond acceptors (Lipinski definition) is 0. The van der Waals surface area contributed by atoms with Crippen molar-refractivity contribution in [3.63, 3.8) is 0 Å². The fourth-order valence-electron chi connectivity index (χ4n) is 2.80. The van der Waals surface area contributed by atoms with Crippen LogP contribution in [-0.4, -0.2) is 4.98 Å². The Hall–Kier alpha value is -2.02. The van der Waals surface area contributed by atoms with Gasteiger partial charge in [0, 0.05) is 23.0 Å². The van der Waals surface area contributed by atoms with Crippen LogP contribution in [0.5, 0.6) is 0 Å². The Bertz CT molecular complexity index is 707. The third-order valence-corrected chi connectivity index (χ3v) is 4.17. The average Bonchev–Trinajstić information content (AvgIpc) is 2.90. The molecular weight excluding hydrogens is 242 g/mol. The Labute approximate surface area is 120 Å². The van der Waals surface area contributed by atoms with Gasteiger partial charge in [0.1, 0.15) is 0 Å². The average molecular weight is 263 g/mol. The van der Waals surface area contributed by atoms with Crippen molar-refractivity contribution in [3.8, 4) is 0 Å². The predicted octanol–water partition coefficient (Wildman–Crippen LogP) is 5.44. The summed E-state index contributed by atoms with van der Waals surface area (Å²) in [4.78, 5) is 3.40. The predicted molar refractivity (Wildman–Crippen MR) is 86.3 cm³/mol. The summed E-state index contributed by atoms with van der Waals surface area (Å²) in [5, 5.41) is 1.35. The Kier molecular flexibility index (Phi) is 3.35. The van der Waals surface area contributed by atoms with Gasteiger partial charge >= 0.3 is 0 Å². The summed E-state index contributed by atoms with van der Waals surface area (Å²) in [6, 6.07) is 17.5. The highest BCUT2D eigenvalue weighted by Crippen LogP contribution is 2.32. The number of H-pyrrole nitrogens is 1. The Morgan fingerprint density at radius 2 is 1.60 bits per heavy atom. The minimum absolute atomic E-state index is 0.410. The number of nitrogens with one attached hydrogen (secondary N) is 1. The van der Waals surface area contributed by atoms with Gasteiger partial charge < -0.3 is 4.98 Å². The first kappa shape index (κ1) is 13.0. The molecule has 1 aromatic heterocycles. The maximum Gasteiger partial charge on any atom is 0.0457 e. The fraction of sp³-hybridized carbons (Fsp3) is 0.263. The van der Waals surface area contributed by atoms with Gasteiger partial charge in [-0.3, -0.25) is 0 Å². The number of fused-ring (bicyclic) bond motifs is 1. The molecule has 0 radical (unpaired) electrons. The molecular formula is C19H21N. The molecule has 1 nitrogen and oxygen atoms in total. The van der Waals surface area contributed by atoms with Gasteiger partial charge in [-0.2, -0.15) is 0 Å². The maximum absolute atomic E-state index is 3.40. The zero-order valence-electron chi connectivity index (χ0n) is 12.4. The molecule has 1 N–H and O–H groups in total. The molecule has 0 saturated carbocycles. The third kappa shape index (κ3) is 2.24. The number of hydrogen-bond donors (Lipinski definition) is 1. The molecule has 0 aliphatic heterocycles. The molecule has 0 aliphatic carbocycles. The molecule has 20 heavy (non-hydrogen) atoms. The van der Waals surface area contributed by atoms with Crippen LogP contribution < -0.4 is 0 Å². The summed E-state index contributed by atoms with van der Waals surface area (Å²) in [6.45, 7) is 6.77.